The molecule has 4 heteroatoms. The maximum atomic E-state index is 12.9. The van der Waals surface area contributed by atoms with Crippen LogP contribution >= 0.6 is 11.8 Å². The Balaban J connectivity index is 2.02. The van der Waals surface area contributed by atoms with Crippen LogP contribution in [0.25, 0.3) is 0 Å². The maximum Gasteiger partial charge on any atom is 0.123 e. The van der Waals surface area contributed by atoms with Gasteiger partial charge in [-0.05, 0) is 29.8 Å². The van der Waals surface area contributed by atoms with E-state index in [1.807, 2.05) is 24.3 Å². The second kappa shape index (κ2) is 5.55. The number of benzene rings is 2. The Kier molecular flexibility index (Phi) is 3.83. The highest BCUT2D eigenvalue weighted by molar-refractivity contribution is 6.23. The first-order chi connectivity index (χ1) is 8.28. The highest BCUT2D eigenvalue weighted by atomic mass is 35.5. The van der Waals surface area contributed by atoms with Crippen LogP contribution in [0.4, 0.5) is 10.1 Å². The van der Waals surface area contributed by atoms with E-state index in [1.165, 1.54) is 12.1 Å². The summed E-state index contributed by atoms with van der Waals surface area (Å²) in [5.41, 5.74) is 1.54. The fourth-order valence-electron chi connectivity index (χ4n) is 1.44. The van der Waals surface area contributed by atoms with Gasteiger partial charge in [0, 0.05) is 17.8 Å². The molecule has 88 valence electrons. The molecule has 0 unspecified atom stereocenters. The number of rotatable bonds is 4. The van der Waals surface area contributed by atoms with Crippen molar-refractivity contribution < 1.29 is 9.13 Å². The second-order valence-electron chi connectivity index (χ2n) is 3.54. The average Bonchev–Trinajstić information content (AvgIpc) is 2.37. The predicted molar refractivity (Wildman–Crippen MR) is 66.6 cm³/mol. The second-order valence-corrected chi connectivity index (χ2v) is 3.73. The Hall–Kier alpha value is -1.74. The van der Waals surface area contributed by atoms with Gasteiger partial charge in [-0.15, -0.1) is 0 Å². The SMILES string of the molecule is Fc1cccc(COc2cccc(NCl)c2)c1. The van der Waals surface area contributed by atoms with Crippen LogP contribution in [0.5, 0.6) is 5.75 Å². The molecule has 0 aromatic heterocycles. The van der Waals surface area contributed by atoms with Crippen molar-refractivity contribution >= 4 is 17.5 Å². The first kappa shape index (κ1) is 11.7. The molecule has 2 aromatic carbocycles. The van der Waals surface area contributed by atoms with Gasteiger partial charge in [-0.1, -0.05) is 18.2 Å². The van der Waals surface area contributed by atoms with Crippen LogP contribution in [0.1, 0.15) is 5.56 Å². The zero-order valence-corrected chi connectivity index (χ0v) is 9.75. The highest BCUT2D eigenvalue weighted by Gasteiger charge is 1.98. The Morgan fingerprint density at radius 2 is 1.94 bits per heavy atom. The molecule has 2 nitrogen and oxygen atoms in total. The molecule has 0 saturated carbocycles. The van der Waals surface area contributed by atoms with Crippen LogP contribution in [0, 0.1) is 5.82 Å². The molecule has 0 radical (unpaired) electrons. The summed E-state index contributed by atoms with van der Waals surface area (Å²) < 4.78 is 18.5. The van der Waals surface area contributed by atoms with E-state index in [2.05, 4.69) is 4.84 Å². The number of nitrogens with one attached hydrogen (secondary N) is 1. The lowest BCUT2D eigenvalue weighted by Gasteiger charge is -2.07. The lowest BCUT2D eigenvalue weighted by molar-refractivity contribution is 0.306. The van der Waals surface area contributed by atoms with Crippen molar-refractivity contribution in [1.82, 2.24) is 0 Å². The molecule has 0 amide bonds. The van der Waals surface area contributed by atoms with E-state index in [-0.39, 0.29) is 5.82 Å². The monoisotopic (exact) mass is 251 g/mol. The van der Waals surface area contributed by atoms with Crippen molar-refractivity contribution in [2.75, 3.05) is 4.84 Å². The molecule has 0 spiro atoms. The van der Waals surface area contributed by atoms with Gasteiger partial charge in [-0.25, -0.2) is 4.39 Å². The van der Waals surface area contributed by atoms with E-state index < -0.39 is 0 Å². The standard InChI is InChI=1S/C13H11ClFNO/c14-16-12-5-2-6-13(8-12)17-9-10-3-1-4-11(15)7-10/h1-8,16H,9H2. The van der Waals surface area contributed by atoms with Gasteiger partial charge in [0.1, 0.15) is 18.2 Å². The smallest absolute Gasteiger partial charge is 0.123 e. The van der Waals surface area contributed by atoms with E-state index in [1.54, 1.807) is 12.1 Å². The minimum Gasteiger partial charge on any atom is -0.489 e. The quantitative estimate of drug-likeness (QED) is 0.831. The lowest BCUT2D eigenvalue weighted by Crippen LogP contribution is -1.96. The number of halogens is 2. The molecule has 2 rings (SSSR count). The molecule has 17 heavy (non-hydrogen) atoms. The van der Waals surface area contributed by atoms with Crippen molar-refractivity contribution in [3.05, 3.63) is 59.9 Å². The van der Waals surface area contributed by atoms with E-state index in [9.17, 15) is 4.39 Å². The molecule has 0 aliphatic heterocycles. The molecule has 0 fully saturated rings. The third-order valence-corrected chi connectivity index (χ3v) is 2.46. The van der Waals surface area contributed by atoms with Gasteiger partial charge in [0.2, 0.25) is 0 Å². The van der Waals surface area contributed by atoms with E-state index in [0.29, 0.717) is 12.4 Å². The molecule has 0 aliphatic rings. The summed E-state index contributed by atoms with van der Waals surface area (Å²) in [6.07, 6.45) is 0. The summed E-state index contributed by atoms with van der Waals surface area (Å²) in [6.45, 7) is 0.323. The molecule has 1 N–H and O–H groups in total. The molecule has 0 aliphatic carbocycles. The van der Waals surface area contributed by atoms with Crippen molar-refractivity contribution in [3.63, 3.8) is 0 Å². The van der Waals surface area contributed by atoms with Gasteiger partial charge in [0.25, 0.3) is 0 Å². The van der Waals surface area contributed by atoms with Gasteiger partial charge in [-0.3, -0.25) is 4.84 Å². The van der Waals surface area contributed by atoms with Crippen LogP contribution in [0.15, 0.2) is 48.5 Å². The summed E-state index contributed by atoms with van der Waals surface area (Å²) >= 11 is 5.48. The van der Waals surface area contributed by atoms with Gasteiger partial charge >= 0.3 is 0 Å². The van der Waals surface area contributed by atoms with Crippen LogP contribution in [0.3, 0.4) is 0 Å². The Morgan fingerprint density at radius 1 is 1.12 bits per heavy atom. The third kappa shape index (κ3) is 3.36. The van der Waals surface area contributed by atoms with Crippen LogP contribution in [-0.2, 0) is 6.61 Å². The molecular weight excluding hydrogens is 241 g/mol. The van der Waals surface area contributed by atoms with Gasteiger partial charge in [0.15, 0.2) is 0 Å². The van der Waals surface area contributed by atoms with E-state index >= 15 is 0 Å². The molecule has 0 bridgehead atoms. The zero-order valence-electron chi connectivity index (χ0n) is 8.99. The minimum absolute atomic E-state index is 0.262. The zero-order chi connectivity index (χ0) is 12.1. The molecule has 0 atom stereocenters. The first-order valence-electron chi connectivity index (χ1n) is 5.12. The highest BCUT2D eigenvalue weighted by Crippen LogP contribution is 2.19. The van der Waals surface area contributed by atoms with E-state index in [0.717, 1.165) is 11.3 Å². The average molecular weight is 252 g/mol. The number of ether oxygens (including phenoxy) is 1. The number of hydrogen-bond acceptors (Lipinski definition) is 2. The summed E-state index contributed by atoms with van der Waals surface area (Å²) in [4.78, 5) is 2.51. The largest absolute Gasteiger partial charge is 0.489 e. The Labute approximate surface area is 104 Å². The molecule has 2 aromatic rings. The lowest BCUT2D eigenvalue weighted by atomic mass is 10.2. The van der Waals surface area contributed by atoms with Crippen molar-refractivity contribution in [2.45, 2.75) is 6.61 Å². The topological polar surface area (TPSA) is 21.3 Å². The van der Waals surface area contributed by atoms with Crippen LogP contribution in [0.2, 0.25) is 0 Å². The fraction of sp³-hybridized carbons (Fsp3) is 0.0769. The maximum absolute atomic E-state index is 12.9. The van der Waals surface area contributed by atoms with Gasteiger partial charge < -0.3 is 4.74 Å². The normalized spacial score (nSPS) is 10.0. The Bertz CT molecular complexity index is 504. The van der Waals surface area contributed by atoms with Crippen molar-refractivity contribution in [1.29, 1.82) is 0 Å². The van der Waals surface area contributed by atoms with Crippen molar-refractivity contribution in [2.24, 2.45) is 0 Å². The minimum atomic E-state index is -0.262. The van der Waals surface area contributed by atoms with Crippen LogP contribution < -0.4 is 9.57 Å². The molecule has 0 saturated heterocycles. The Morgan fingerprint density at radius 3 is 2.71 bits per heavy atom. The fourth-order valence-corrected chi connectivity index (χ4v) is 1.56. The first-order valence-corrected chi connectivity index (χ1v) is 5.50. The third-order valence-electron chi connectivity index (χ3n) is 2.24. The van der Waals surface area contributed by atoms with Gasteiger partial charge in [-0.2, -0.15) is 0 Å². The summed E-state index contributed by atoms with van der Waals surface area (Å²) in [5.74, 6) is 0.419. The van der Waals surface area contributed by atoms with E-state index in [4.69, 9.17) is 16.5 Å². The van der Waals surface area contributed by atoms with Crippen LogP contribution in [-0.4, -0.2) is 0 Å². The molecule has 0 heterocycles. The molecular formula is C13H11ClFNO. The number of hydrogen-bond donors (Lipinski definition) is 1. The van der Waals surface area contributed by atoms with Crippen molar-refractivity contribution in [3.8, 4) is 5.75 Å². The summed E-state index contributed by atoms with van der Waals surface area (Å²) in [7, 11) is 0. The number of anilines is 1. The predicted octanol–water partition coefficient (Wildman–Crippen LogP) is 3.97. The summed E-state index contributed by atoms with van der Waals surface area (Å²) in [6, 6.07) is 13.6. The summed E-state index contributed by atoms with van der Waals surface area (Å²) in [5, 5.41) is 0. The van der Waals surface area contributed by atoms with Gasteiger partial charge in [0.05, 0.1) is 5.69 Å².